The van der Waals surface area contributed by atoms with Crippen LogP contribution in [0.5, 0.6) is 11.5 Å². The third-order valence-electron chi connectivity index (χ3n) is 3.49. The van der Waals surface area contributed by atoms with Crippen molar-refractivity contribution in [3.8, 4) is 17.2 Å². The summed E-state index contributed by atoms with van der Waals surface area (Å²) in [5.41, 5.74) is 0.972. The number of fused-ring (bicyclic) bond motifs is 1. The van der Waals surface area contributed by atoms with Gasteiger partial charge in [-0.25, -0.2) is 9.78 Å². The highest BCUT2D eigenvalue weighted by molar-refractivity contribution is 7.20. The highest BCUT2D eigenvalue weighted by Gasteiger charge is 2.13. The summed E-state index contributed by atoms with van der Waals surface area (Å²) in [6.45, 7) is 0. The lowest BCUT2D eigenvalue weighted by Crippen LogP contribution is -1.91. The lowest BCUT2D eigenvalue weighted by molar-refractivity contribution is 0.0702. The normalized spacial score (nSPS) is 10.8. The molecule has 0 amide bonds. The van der Waals surface area contributed by atoms with Crippen molar-refractivity contribution >= 4 is 27.4 Å². The van der Waals surface area contributed by atoms with Crippen LogP contribution in [0.25, 0.3) is 15.8 Å². The highest BCUT2D eigenvalue weighted by atomic mass is 32.1. The molecule has 3 heterocycles. The Balaban J connectivity index is 1.65. The number of ether oxygens (including phenoxy) is 1. The second-order valence-corrected chi connectivity index (χ2v) is 6.11. The van der Waals surface area contributed by atoms with Crippen LogP contribution in [0, 0.1) is 0 Å². The van der Waals surface area contributed by atoms with Gasteiger partial charge in [0, 0.05) is 29.7 Å². The maximum absolute atomic E-state index is 11.1. The summed E-state index contributed by atoms with van der Waals surface area (Å²) >= 11 is 1.18. The monoisotopic (exact) mass is 337 g/mol. The summed E-state index contributed by atoms with van der Waals surface area (Å²) in [5.74, 6) is 0.231. The summed E-state index contributed by atoms with van der Waals surface area (Å²) < 4.78 is 8.55. The molecule has 0 radical (unpaired) electrons. The summed E-state index contributed by atoms with van der Waals surface area (Å²) in [7, 11) is 0. The van der Waals surface area contributed by atoms with E-state index in [2.05, 4.69) is 9.97 Å². The van der Waals surface area contributed by atoms with E-state index in [0.29, 0.717) is 11.5 Å². The van der Waals surface area contributed by atoms with Crippen molar-refractivity contribution in [1.82, 2.24) is 14.5 Å². The zero-order chi connectivity index (χ0) is 16.5. The number of carboxylic acid groups (broad SMARTS) is 1. The van der Waals surface area contributed by atoms with E-state index in [0.717, 1.165) is 15.8 Å². The Morgan fingerprint density at radius 3 is 2.71 bits per heavy atom. The molecule has 4 aromatic rings. The SMILES string of the molecule is O=C(O)c1cc2c(Oc3ccc(-n4ccnc4)cc3)cncc2s1. The standard InChI is InChI=1S/C17H11N3O3S/c21-17(22)15-7-13-14(8-19-9-16(13)24-15)23-12-3-1-11(2-4-12)20-6-5-18-10-20/h1-10H,(H,21,22). The van der Waals surface area contributed by atoms with Crippen molar-refractivity contribution in [1.29, 1.82) is 0 Å². The van der Waals surface area contributed by atoms with Crippen LogP contribution in [0.1, 0.15) is 9.67 Å². The first kappa shape index (κ1) is 14.4. The number of imidazole rings is 1. The number of hydrogen-bond donors (Lipinski definition) is 1. The van der Waals surface area contributed by atoms with E-state index in [-0.39, 0.29) is 4.88 Å². The van der Waals surface area contributed by atoms with Gasteiger partial charge in [-0.15, -0.1) is 11.3 Å². The van der Waals surface area contributed by atoms with Gasteiger partial charge in [0.15, 0.2) is 5.75 Å². The predicted molar refractivity (Wildman–Crippen MR) is 90.2 cm³/mol. The van der Waals surface area contributed by atoms with Crippen molar-refractivity contribution in [2.24, 2.45) is 0 Å². The van der Waals surface area contributed by atoms with Gasteiger partial charge in [0.2, 0.25) is 0 Å². The third kappa shape index (κ3) is 2.61. The molecule has 0 saturated carbocycles. The number of hydrogen-bond acceptors (Lipinski definition) is 5. The Hall–Kier alpha value is -3.19. The Kier molecular flexibility index (Phi) is 3.47. The highest BCUT2D eigenvalue weighted by Crippen LogP contribution is 2.34. The Morgan fingerprint density at radius 1 is 1.17 bits per heavy atom. The van der Waals surface area contributed by atoms with Gasteiger partial charge in [-0.3, -0.25) is 4.98 Å². The fourth-order valence-corrected chi connectivity index (χ4v) is 3.23. The lowest BCUT2D eigenvalue weighted by atomic mass is 10.2. The molecular formula is C17H11N3O3S. The van der Waals surface area contributed by atoms with Crippen LogP contribution in [-0.4, -0.2) is 25.6 Å². The molecule has 0 bridgehead atoms. The number of pyridine rings is 1. The molecular weight excluding hydrogens is 326 g/mol. The van der Waals surface area contributed by atoms with Crippen molar-refractivity contribution in [2.75, 3.05) is 0 Å². The molecule has 0 saturated heterocycles. The van der Waals surface area contributed by atoms with Gasteiger partial charge in [-0.05, 0) is 30.3 Å². The lowest BCUT2D eigenvalue weighted by Gasteiger charge is -2.08. The van der Waals surface area contributed by atoms with Crippen LogP contribution in [0.15, 0.2) is 61.4 Å². The van der Waals surface area contributed by atoms with Crippen molar-refractivity contribution in [3.63, 3.8) is 0 Å². The van der Waals surface area contributed by atoms with Gasteiger partial charge in [0.05, 0.1) is 17.2 Å². The van der Waals surface area contributed by atoms with Gasteiger partial charge >= 0.3 is 5.97 Å². The molecule has 3 aromatic heterocycles. The van der Waals surface area contributed by atoms with Crippen LogP contribution in [0.2, 0.25) is 0 Å². The van der Waals surface area contributed by atoms with E-state index >= 15 is 0 Å². The van der Waals surface area contributed by atoms with Crippen molar-refractivity contribution < 1.29 is 14.6 Å². The molecule has 6 nitrogen and oxygen atoms in total. The molecule has 1 N–H and O–H groups in total. The number of carboxylic acids is 1. The minimum absolute atomic E-state index is 0.262. The first-order valence-electron chi connectivity index (χ1n) is 7.08. The molecule has 0 unspecified atom stereocenters. The quantitative estimate of drug-likeness (QED) is 0.609. The average Bonchev–Trinajstić information content (AvgIpc) is 3.26. The summed E-state index contributed by atoms with van der Waals surface area (Å²) in [6, 6.07) is 9.14. The zero-order valence-corrected chi connectivity index (χ0v) is 13.1. The Labute approximate surface area is 140 Å². The van der Waals surface area contributed by atoms with E-state index in [9.17, 15) is 4.79 Å². The summed E-state index contributed by atoms with van der Waals surface area (Å²) in [5, 5.41) is 9.87. The number of nitrogens with zero attached hydrogens (tertiary/aromatic N) is 3. The number of carbonyl (C=O) groups is 1. The minimum atomic E-state index is -0.952. The first-order valence-corrected chi connectivity index (χ1v) is 7.89. The van der Waals surface area contributed by atoms with Crippen LogP contribution in [-0.2, 0) is 0 Å². The first-order chi connectivity index (χ1) is 11.7. The van der Waals surface area contributed by atoms with E-state index in [1.54, 1.807) is 31.0 Å². The van der Waals surface area contributed by atoms with Crippen LogP contribution < -0.4 is 4.74 Å². The summed E-state index contributed by atoms with van der Waals surface area (Å²) in [4.78, 5) is 19.5. The smallest absolute Gasteiger partial charge is 0.345 e. The molecule has 0 aliphatic rings. The topological polar surface area (TPSA) is 77.2 Å². The molecule has 0 atom stereocenters. The fourth-order valence-electron chi connectivity index (χ4n) is 2.35. The van der Waals surface area contributed by atoms with Gasteiger partial charge < -0.3 is 14.4 Å². The van der Waals surface area contributed by atoms with Gasteiger partial charge in [0.25, 0.3) is 0 Å². The van der Waals surface area contributed by atoms with Crippen molar-refractivity contribution in [3.05, 3.63) is 66.3 Å². The number of thiophene rings is 1. The van der Waals surface area contributed by atoms with Gasteiger partial charge in [-0.1, -0.05) is 0 Å². The van der Waals surface area contributed by atoms with Crippen LogP contribution in [0.4, 0.5) is 0 Å². The molecule has 0 aliphatic heterocycles. The van der Waals surface area contributed by atoms with Crippen molar-refractivity contribution in [2.45, 2.75) is 0 Å². The molecule has 118 valence electrons. The average molecular weight is 337 g/mol. The molecule has 0 aliphatic carbocycles. The second-order valence-electron chi connectivity index (χ2n) is 5.03. The van der Waals surface area contributed by atoms with Crippen LogP contribution in [0.3, 0.4) is 0 Å². The van der Waals surface area contributed by atoms with Gasteiger partial charge in [-0.2, -0.15) is 0 Å². The third-order valence-corrected chi connectivity index (χ3v) is 4.55. The maximum atomic E-state index is 11.1. The summed E-state index contributed by atoms with van der Waals surface area (Å²) in [6.07, 6.45) is 8.53. The van der Waals surface area contributed by atoms with Crippen LogP contribution >= 0.6 is 11.3 Å². The van der Waals surface area contributed by atoms with E-state index in [1.807, 2.05) is 35.0 Å². The second kappa shape index (κ2) is 5.78. The molecule has 0 spiro atoms. The maximum Gasteiger partial charge on any atom is 0.345 e. The zero-order valence-electron chi connectivity index (χ0n) is 12.3. The number of aromatic nitrogens is 3. The van der Waals surface area contributed by atoms with E-state index in [4.69, 9.17) is 9.84 Å². The number of rotatable bonds is 4. The largest absolute Gasteiger partial charge is 0.477 e. The van der Waals surface area contributed by atoms with E-state index in [1.165, 1.54) is 11.3 Å². The number of benzene rings is 1. The Morgan fingerprint density at radius 2 is 2.00 bits per heavy atom. The molecule has 4 rings (SSSR count). The Bertz CT molecular complexity index is 1010. The molecule has 24 heavy (non-hydrogen) atoms. The fraction of sp³-hybridized carbons (Fsp3) is 0. The number of aromatic carboxylic acids is 1. The molecule has 1 aromatic carbocycles. The van der Waals surface area contributed by atoms with E-state index < -0.39 is 5.97 Å². The molecule has 0 fully saturated rings. The van der Waals surface area contributed by atoms with Gasteiger partial charge in [0.1, 0.15) is 10.6 Å². The predicted octanol–water partition coefficient (Wildman–Crippen LogP) is 3.97. The molecule has 7 heteroatoms. The minimum Gasteiger partial charge on any atom is -0.477 e.